The molecule has 0 saturated heterocycles. The maximum absolute atomic E-state index is 11.8. The number of hydrogen-bond donors (Lipinski definition) is 3. The van der Waals surface area contributed by atoms with E-state index in [4.69, 9.17) is 0 Å². The minimum Gasteiger partial charge on any atom is -0.508 e. The molecule has 1 amide bonds. The molecule has 2 aromatic rings. The second-order valence-corrected chi connectivity index (χ2v) is 3.56. The lowest BCUT2D eigenvalue weighted by Gasteiger charge is -2.06. The van der Waals surface area contributed by atoms with Crippen molar-refractivity contribution in [2.45, 2.75) is 0 Å². The van der Waals surface area contributed by atoms with Gasteiger partial charge in [-0.1, -0.05) is 18.2 Å². The number of nitrogens with one attached hydrogen (secondary N) is 1. The van der Waals surface area contributed by atoms with Crippen molar-refractivity contribution >= 4 is 11.6 Å². The summed E-state index contributed by atoms with van der Waals surface area (Å²) in [5.74, 6) is -0.502. The fourth-order valence-electron chi connectivity index (χ4n) is 1.46. The zero-order valence-corrected chi connectivity index (χ0v) is 8.92. The van der Waals surface area contributed by atoms with Gasteiger partial charge in [0.15, 0.2) is 0 Å². The first-order valence-electron chi connectivity index (χ1n) is 5.04. The van der Waals surface area contributed by atoms with E-state index in [0.717, 1.165) is 0 Å². The summed E-state index contributed by atoms with van der Waals surface area (Å²) < 4.78 is 0. The molecule has 3 N–H and O–H groups in total. The van der Waals surface area contributed by atoms with E-state index in [9.17, 15) is 15.0 Å². The van der Waals surface area contributed by atoms with Crippen LogP contribution in [0.15, 0.2) is 48.5 Å². The highest BCUT2D eigenvalue weighted by atomic mass is 16.3. The second-order valence-electron chi connectivity index (χ2n) is 3.56. The van der Waals surface area contributed by atoms with Crippen molar-refractivity contribution in [3.05, 3.63) is 54.1 Å². The van der Waals surface area contributed by atoms with Gasteiger partial charge in [0.2, 0.25) is 0 Å². The van der Waals surface area contributed by atoms with Crippen LogP contribution >= 0.6 is 0 Å². The van der Waals surface area contributed by atoms with E-state index in [1.54, 1.807) is 24.3 Å². The lowest BCUT2D eigenvalue weighted by Crippen LogP contribution is -2.11. The summed E-state index contributed by atoms with van der Waals surface area (Å²) in [6.45, 7) is 0. The molecule has 0 saturated carbocycles. The average Bonchev–Trinajstić information content (AvgIpc) is 2.28. The lowest BCUT2D eigenvalue weighted by molar-refractivity contribution is 0.102. The van der Waals surface area contributed by atoms with Crippen LogP contribution in [0.25, 0.3) is 0 Å². The zero-order valence-electron chi connectivity index (χ0n) is 8.92. The Morgan fingerprint density at radius 1 is 0.941 bits per heavy atom. The Labute approximate surface area is 98.2 Å². The SMILES string of the molecule is O=C(Nc1cc(O)cc(O)c1)c1ccccc1. The summed E-state index contributed by atoms with van der Waals surface area (Å²) in [4.78, 5) is 11.8. The molecule has 17 heavy (non-hydrogen) atoms. The standard InChI is InChI=1S/C13H11NO3/c15-11-6-10(7-12(16)8-11)14-13(17)9-4-2-1-3-5-9/h1-8,15-16H,(H,14,17). The molecule has 2 rings (SSSR count). The Kier molecular flexibility index (Phi) is 2.96. The number of hydrogen-bond acceptors (Lipinski definition) is 3. The Morgan fingerprint density at radius 3 is 2.12 bits per heavy atom. The van der Waals surface area contributed by atoms with Crippen LogP contribution in [0.1, 0.15) is 10.4 Å². The fraction of sp³-hybridized carbons (Fsp3) is 0. The largest absolute Gasteiger partial charge is 0.508 e. The number of phenols is 2. The number of carbonyl (C=O) groups excluding carboxylic acids is 1. The van der Waals surface area contributed by atoms with Gasteiger partial charge < -0.3 is 15.5 Å². The summed E-state index contributed by atoms with van der Waals surface area (Å²) in [7, 11) is 0. The number of rotatable bonds is 2. The van der Waals surface area contributed by atoms with Crippen molar-refractivity contribution < 1.29 is 15.0 Å². The van der Waals surface area contributed by atoms with Gasteiger partial charge in [0.1, 0.15) is 11.5 Å². The number of amides is 1. The first kappa shape index (κ1) is 11.0. The van der Waals surface area contributed by atoms with E-state index in [2.05, 4.69) is 5.32 Å². The van der Waals surface area contributed by atoms with Crippen molar-refractivity contribution in [2.24, 2.45) is 0 Å². The molecule has 0 spiro atoms. The molecule has 0 bridgehead atoms. The highest BCUT2D eigenvalue weighted by Crippen LogP contribution is 2.24. The number of anilines is 1. The van der Waals surface area contributed by atoms with Crippen molar-refractivity contribution in [3.8, 4) is 11.5 Å². The molecule has 0 aliphatic heterocycles. The van der Waals surface area contributed by atoms with E-state index in [0.29, 0.717) is 11.3 Å². The first-order chi connectivity index (χ1) is 8.15. The van der Waals surface area contributed by atoms with Gasteiger partial charge in [-0.25, -0.2) is 0 Å². The molecule has 2 aromatic carbocycles. The maximum atomic E-state index is 11.8. The second kappa shape index (κ2) is 4.57. The van der Waals surface area contributed by atoms with Crippen LogP contribution in [0, 0.1) is 0 Å². The van der Waals surface area contributed by atoms with E-state index < -0.39 is 0 Å². The van der Waals surface area contributed by atoms with Crippen molar-refractivity contribution in [1.29, 1.82) is 0 Å². The Morgan fingerprint density at radius 2 is 1.53 bits per heavy atom. The third-order valence-electron chi connectivity index (χ3n) is 2.20. The van der Waals surface area contributed by atoms with E-state index in [1.807, 2.05) is 6.07 Å². The highest BCUT2D eigenvalue weighted by Gasteiger charge is 2.06. The van der Waals surface area contributed by atoms with Crippen molar-refractivity contribution in [3.63, 3.8) is 0 Å². The minimum atomic E-state index is -0.296. The highest BCUT2D eigenvalue weighted by molar-refractivity contribution is 6.04. The van der Waals surface area contributed by atoms with Gasteiger partial charge in [0.25, 0.3) is 5.91 Å². The molecule has 0 atom stereocenters. The zero-order chi connectivity index (χ0) is 12.3. The fourth-order valence-corrected chi connectivity index (χ4v) is 1.46. The van der Waals surface area contributed by atoms with Gasteiger partial charge in [-0.2, -0.15) is 0 Å². The van der Waals surface area contributed by atoms with Crippen LogP contribution in [-0.4, -0.2) is 16.1 Å². The van der Waals surface area contributed by atoms with E-state index in [-0.39, 0.29) is 17.4 Å². The van der Waals surface area contributed by atoms with Crippen LogP contribution < -0.4 is 5.32 Å². The van der Waals surface area contributed by atoms with E-state index >= 15 is 0 Å². The molecule has 0 aliphatic rings. The van der Waals surface area contributed by atoms with Crippen LogP contribution in [0.4, 0.5) is 5.69 Å². The Bertz CT molecular complexity index is 517. The average molecular weight is 229 g/mol. The third-order valence-corrected chi connectivity index (χ3v) is 2.20. The normalized spacial score (nSPS) is 9.88. The summed E-state index contributed by atoms with van der Waals surface area (Å²) in [5.41, 5.74) is 0.853. The molecule has 0 aromatic heterocycles. The first-order valence-corrected chi connectivity index (χ1v) is 5.04. The van der Waals surface area contributed by atoms with Gasteiger partial charge in [0, 0.05) is 29.4 Å². The van der Waals surface area contributed by atoms with Crippen molar-refractivity contribution in [1.82, 2.24) is 0 Å². The quantitative estimate of drug-likeness (QED) is 0.740. The number of phenolic OH excluding ortho intramolecular Hbond substituents is 2. The lowest BCUT2D eigenvalue weighted by atomic mass is 10.2. The van der Waals surface area contributed by atoms with Crippen LogP contribution in [-0.2, 0) is 0 Å². The van der Waals surface area contributed by atoms with Gasteiger partial charge in [0.05, 0.1) is 0 Å². The smallest absolute Gasteiger partial charge is 0.255 e. The van der Waals surface area contributed by atoms with Crippen LogP contribution in [0.5, 0.6) is 11.5 Å². The summed E-state index contributed by atoms with van der Waals surface area (Å²) in [6, 6.07) is 12.6. The molecule has 4 heteroatoms. The van der Waals surface area contributed by atoms with Gasteiger partial charge >= 0.3 is 0 Å². The number of carbonyl (C=O) groups is 1. The predicted molar refractivity (Wildman–Crippen MR) is 64.2 cm³/mol. The molecule has 4 nitrogen and oxygen atoms in total. The monoisotopic (exact) mass is 229 g/mol. The van der Waals surface area contributed by atoms with Gasteiger partial charge in [-0.05, 0) is 12.1 Å². The van der Waals surface area contributed by atoms with Gasteiger partial charge in [-0.15, -0.1) is 0 Å². The predicted octanol–water partition coefficient (Wildman–Crippen LogP) is 2.35. The Balaban J connectivity index is 2.19. The molecule has 0 unspecified atom stereocenters. The van der Waals surface area contributed by atoms with Crippen molar-refractivity contribution in [2.75, 3.05) is 5.32 Å². The topological polar surface area (TPSA) is 69.6 Å². The molecule has 0 aliphatic carbocycles. The molecule has 0 fully saturated rings. The molecule has 0 heterocycles. The Hall–Kier alpha value is -2.49. The molecule has 0 radical (unpaired) electrons. The van der Waals surface area contributed by atoms with Gasteiger partial charge in [-0.3, -0.25) is 4.79 Å². The van der Waals surface area contributed by atoms with Crippen LogP contribution in [0.3, 0.4) is 0 Å². The summed E-state index contributed by atoms with van der Waals surface area (Å²) in [5, 5.41) is 21.1. The third kappa shape index (κ3) is 2.75. The molecular formula is C13H11NO3. The minimum absolute atomic E-state index is 0.103. The maximum Gasteiger partial charge on any atom is 0.255 e. The number of benzene rings is 2. The van der Waals surface area contributed by atoms with Crippen LogP contribution in [0.2, 0.25) is 0 Å². The molecular weight excluding hydrogens is 218 g/mol. The summed E-state index contributed by atoms with van der Waals surface area (Å²) in [6.07, 6.45) is 0. The molecule has 86 valence electrons. The number of aromatic hydroxyl groups is 2. The summed E-state index contributed by atoms with van der Waals surface area (Å²) >= 11 is 0. The van der Waals surface area contributed by atoms with E-state index in [1.165, 1.54) is 18.2 Å².